The molecule has 2 aromatic heterocycles. The molecule has 9 nitrogen and oxygen atoms in total. The second-order valence-electron chi connectivity index (χ2n) is 9.06. The van der Waals surface area contributed by atoms with Crippen LogP contribution in [0.5, 0.6) is 0 Å². The van der Waals surface area contributed by atoms with Gasteiger partial charge in [-0.05, 0) is 24.3 Å². The Balaban J connectivity index is 1.83. The van der Waals surface area contributed by atoms with Crippen LogP contribution in [0.25, 0.3) is 0 Å². The van der Waals surface area contributed by atoms with Gasteiger partial charge in [-0.3, -0.25) is 14.3 Å². The number of piperidine rings is 1. The van der Waals surface area contributed by atoms with E-state index in [1.165, 1.54) is 24.7 Å². The first kappa shape index (κ1) is 22.4. The normalized spacial score (nSPS) is 16.1. The van der Waals surface area contributed by atoms with Crippen LogP contribution >= 0.6 is 0 Å². The molecular weight excluding hydrogens is 401 g/mol. The molecule has 1 fully saturated rings. The van der Waals surface area contributed by atoms with Gasteiger partial charge in [0.2, 0.25) is 11.9 Å². The zero-order valence-corrected chi connectivity index (χ0v) is 18.0. The fourth-order valence-corrected chi connectivity index (χ4v) is 3.64. The number of carbonyl (C=O) groups is 2. The molecular formula is C21H28FN7O2. The van der Waals surface area contributed by atoms with Crippen molar-refractivity contribution in [2.45, 2.75) is 45.6 Å². The second kappa shape index (κ2) is 8.44. The van der Waals surface area contributed by atoms with Gasteiger partial charge in [-0.1, -0.05) is 20.8 Å². The van der Waals surface area contributed by atoms with Gasteiger partial charge in [0.05, 0.1) is 0 Å². The van der Waals surface area contributed by atoms with E-state index in [4.69, 9.17) is 11.1 Å². The maximum Gasteiger partial charge on any atom is 0.254 e. The maximum absolute atomic E-state index is 13.4. The zero-order valence-electron chi connectivity index (χ0n) is 18.0. The quantitative estimate of drug-likeness (QED) is 0.480. The van der Waals surface area contributed by atoms with Crippen LogP contribution in [0.3, 0.4) is 0 Å². The predicted molar refractivity (Wildman–Crippen MR) is 115 cm³/mol. The Morgan fingerprint density at radius 1 is 1.35 bits per heavy atom. The van der Waals surface area contributed by atoms with E-state index in [0.29, 0.717) is 38.0 Å². The first-order valence-corrected chi connectivity index (χ1v) is 10.1. The SMILES string of the molecule is CC(C)(C)CC(=O)N1CCC(C=N)(n2cc(C(N)=O)c(Nc3ccnc(F)c3)n2)CC1. The number of nitrogens with zero attached hydrogens (tertiary/aromatic N) is 4. The minimum atomic E-state index is -0.786. The summed E-state index contributed by atoms with van der Waals surface area (Å²) in [5, 5.41) is 15.4. The van der Waals surface area contributed by atoms with Crippen molar-refractivity contribution < 1.29 is 14.0 Å². The van der Waals surface area contributed by atoms with Gasteiger partial charge < -0.3 is 21.4 Å². The Morgan fingerprint density at radius 2 is 2.03 bits per heavy atom. The van der Waals surface area contributed by atoms with Gasteiger partial charge in [0.25, 0.3) is 5.91 Å². The summed E-state index contributed by atoms with van der Waals surface area (Å²) in [5.41, 5.74) is 5.13. The smallest absolute Gasteiger partial charge is 0.254 e. The van der Waals surface area contributed by atoms with Crippen molar-refractivity contribution in [3.8, 4) is 0 Å². The Labute approximate surface area is 180 Å². The van der Waals surface area contributed by atoms with Gasteiger partial charge in [0.15, 0.2) is 5.82 Å². The van der Waals surface area contributed by atoms with Crippen LogP contribution in [0, 0.1) is 16.8 Å². The lowest BCUT2D eigenvalue weighted by molar-refractivity contribution is -0.134. The summed E-state index contributed by atoms with van der Waals surface area (Å²) in [7, 11) is 0. The Hall–Kier alpha value is -3.30. The number of hydrogen-bond acceptors (Lipinski definition) is 6. The van der Waals surface area contributed by atoms with E-state index in [2.05, 4.69) is 15.4 Å². The van der Waals surface area contributed by atoms with E-state index >= 15 is 0 Å². The lowest BCUT2D eigenvalue weighted by Gasteiger charge is -2.40. The molecule has 0 unspecified atom stereocenters. The molecule has 0 atom stereocenters. The van der Waals surface area contributed by atoms with E-state index in [-0.39, 0.29) is 22.7 Å². The largest absolute Gasteiger partial charge is 0.365 e. The van der Waals surface area contributed by atoms with Crippen LogP contribution in [-0.2, 0) is 10.3 Å². The van der Waals surface area contributed by atoms with Gasteiger partial charge in [-0.2, -0.15) is 9.49 Å². The summed E-state index contributed by atoms with van der Waals surface area (Å²) < 4.78 is 15.0. The number of hydrogen-bond donors (Lipinski definition) is 3. The molecule has 0 radical (unpaired) electrons. The molecule has 0 saturated carbocycles. The minimum absolute atomic E-state index is 0.0893. The van der Waals surface area contributed by atoms with Crippen LogP contribution in [-0.4, -0.2) is 50.8 Å². The molecule has 10 heteroatoms. The van der Waals surface area contributed by atoms with Crippen molar-refractivity contribution in [3.63, 3.8) is 0 Å². The molecule has 2 amide bonds. The van der Waals surface area contributed by atoms with Crippen LogP contribution in [0.15, 0.2) is 24.5 Å². The van der Waals surface area contributed by atoms with Crippen molar-refractivity contribution in [1.82, 2.24) is 19.7 Å². The molecule has 3 rings (SSSR count). The Kier molecular flexibility index (Phi) is 6.10. The summed E-state index contributed by atoms with van der Waals surface area (Å²) in [6, 6.07) is 2.72. The van der Waals surface area contributed by atoms with Gasteiger partial charge >= 0.3 is 0 Å². The number of halogens is 1. The van der Waals surface area contributed by atoms with E-state index in [9.17, 15) is 14.0 Å². The van der Waals surface area contributed by atoms with Crippen molar-refractivity contribution >= 4 is 29.5 Å². The topological polar surface area (TPSA) is 130 Å². The van der Waals surface area contributed by atoms with Gasteiger partial charge in [0.1, 0.15) is 11.1 Å². The molecule has 2 aromatic rings. The molecule has 0 spiro atoms. The number of amides is 2. The van der Waals surface area contributed by atoms with Crippen molar-refractivity contribution in [2.24, 2.45) is 11.1 Å². The number of anilines is 2. The second-order valence-corrected chi connectivity index (χ2v) is 9.06. The molecule has 0 bridgehead atoms. The molecule has 0 aromatic carbocycles. The molecule has 1 aliphatic rings. The first-order valence-electron chi connectivity index (χ1n) is 10.1. The molecule has 1 saturated heterocycles. The average molecular weight is 430 g/mol. The fourth-order valence-electron chi connectivity index (χ4n) is 3.64. The van der Waals surface area contributed by atoms with Crippen LogP contribution in [0.1, 0.15) is 50.4 Å². The maximum atomic E-state index is 13.4. The lowest BCUT2D eigenvalue weighted by Crippen LogP contribution is -2.49. The third-order valence-electron chi connectivity index (χ3n) is 5.36. The first-order chi connectivity index (χ1) is 14.5. The summed E-state index contributed by atoms with van der Waals surface area (Å²) in [6.45, 7) is 7.03. The summed E-state index contributed by atoms with van der Waals surface area (Å²) >= 11 is 0. The number of likely N-dealkylation sites (tertiary alicyclic amines) is 1. The Bertz CT molecular complexity index is 988. The number of primary amides is 1. The van der Waals surface area contributed by atoms with Crippen molar-refractivity contribution in [1.29, 1.82) is 5.41 Å². The number of aromatic nitrogens is 3. The van der Waals surface area contributed by atoms with Gasteiger partial charge in [0, 0.05) is 49.9 Å². The predicted octanol–water partition coefficient (Wildman–Crippen LogP) is 2.66. The Morgan fingerprint density at radius 3 is 2.58 bits per heavy atom. The average Bonchev–Trinajstić information content (AvgIpc) is 3.11. The molecule has 4 N–H and O–H groups in total. The van der Waals surface area contributed by atoms with E-state index in [1.807, 2.05) is 25.7 Å². The number of nitrogens with one attached hydrogen (secondary N) is 2. The highest BCUT2D eigenvalue weighted by Crippen LogP contribution is 2.32. The summed E-state index contributed by atoms with van der Waals surface area (Å²) in [6.07, 6.45) is 5.51. The number of nitrogens with two attached hydrogens (primary N) is 1. The highest BCUT2D eigenvalue weighted by atomic mass is 19.1. The molecule has 3 heterocycles. The van der Waals surface area contributed by atoms with Crippen LogP contribution in [0.2, 0.25) is 0 Å². The number of pyridine rings is 1. The molecule has 166 valence electrons. The van der Waals surface area contributed by atoms with E-state index in [1.54, 1.807) is 10.7 Å². The van der Waals surface area contributed by atoms with E-state index in [0.717, 1.165) is 0 Å². The zero-order chi connectivity index (χ0) is 22.8. The highest BCUT2D eigenvalue weighted by molar-refractivity contribution is 5.98. The fraction of sp³-hybridized carbons (Fsp3) is 0.476. The number of rotatable bonds is 6. The molecule has 31 heavy (non-hydrogen) atoms. The third-order valence-corrected chi connectivity index (χ3v) is 5.36. The molecule has 1 aliphatic heterocycles. The summed E-state index contributed by atoms with van der Waals surface area (Å²) in [4.78, 5) is 29.9. The highest BCUT2D eigenvalue weighted by Gasteiger charge is 2.38. The van der Waals surface area contributed by atoms with Gasteiger partial charge in [-0.25, -0.2) is 4.98 Å². The van der Waals surface area contributed by atoms with Crippen LogP contribution < -0.4 is 11.1 Å². The number of carbonyl (C=O) groups excluding carboxylic acids is 2. The van der Waals surface area contributed by atoms with Gasteiger partial charge in [-0.15, -0.1) is 0 Å². The summed E-state index contributed by atoms with van der Waals surface area (Å²) in [5.74, 6) is -1.11. The van der Waals surface area contributed by atoms with Crippen LogP contribution in [0.4, 0.5) is 15.9 Å². The lowest BCUT2D eigenvalue weighted by atomic mass is 9.87. The van der Waals surface area contributed by atoms with Crippen molar-refractivity contribution in [3.05, 3.63) is 36.0 Å². The third kappa shape index (κ3) is 5.07. The molecule has 0 aliphatic carbocycles. The van der Waals surface area contributed by atoms with E-state index < -0.39 is 17.4 Å². The monoisotopic (exact) mass is 429 g/mol. The minimum Gasteiger partial charge on any atom is -0.365 e. The standard InChI is InChI=1S/C21H28FN7O2/c1-20(2,3)11-17(30)28-8-5-21(13-23,6-9-28)29-12-15(18(24)31)19(27-29)26-14-4-7-25-16(22)10-14/h4,7,10,12-13,23H,5-6,8-9,11H2,1-3H3,(H2,24,31)(H,25,26,27). The van der Waals surface area contributed by atoms with Crippen molar-refractivity contribution in [2.75, 3.05) is 18.4 Å².